The number of para-hydroxylation sites is 1. The van der Waals surface area contributed by atoms with Gasteiger partial charge in [-0.15, -0.1) is 0 Å². The van der Waals surface area contributed by atoms with E-state index in [0.29, 0.717) is 29.1 Å². The normalized spacial score (nSPS) is 10.8. The zero-order valence-electron chi connectivity index (χ0n) is 15.2. The van der Waals surface area contributed by atoms with Gasteiger partial charge >= 0.3 is 5.97 Å². The number of rotatable bonds is 6. The molecule has 0 saturated carbocycles. The average Bonchev–Trinajstić information content (AvgIpc) is 3.25. The monoisotopic (exact) mass is 453 g/mol. The molecule has 0 atom stereocenters. The minimum atomic E-state index is -0.509. The highest BCUT2D eigenvalue weighted by atomic mass is 79.9. The van der Waals surface area contributed by atoms with E-state index in [4.69, 9.17) is 9.15 Å². The van der Waals surface area contributed by atoms with Crippen LogP contribution in [-0.4, -0.2) is 15.4 Å². The molecule has 4 aromatic rings. The Morgan fingerprint density at radius 3 is 2.86 bits per heavy atom. The average molecular weight is 454 g/mol. The summed E-state index contributed by atoms with van der Waals surface area (Å²) in [6, 6.07) is 15.5. The SMILES string of the molecule is O=C(OCc1cc(=O)n2cc(Br)ccc2n1)c1ccccc1NCc1ccco1. The van der Waals surface area contributed by atoms with Gasteiger partial charge in [0.05, 0.1) is 24.1 Å². The second kappa shape index (κ2) is 8.32. The van der Waals surface area contributed by atoms with E-state index in [1.54, 1.807) is 48.9 Å². The van der Waals surface area contributed by atoms with Crippen LogP contribution in [0.1, 0.15) is 21.8 Å². The molecule has 1 aromatic carbocycles. The first kappa shape index (κ1) is 18.9. The van der Waals surface area contributed by atoms with Crippen LogP contribution in [0.5, 0.6) is 0 Å². The lowest BCUT2D eigenvalue weighted by molar-refractivity contribution is 0.0469. The zero-order chi connectivity index (χ0) is 20.2. The summed E-state index contributed by atoms with van der Waals surface area (Å²) < 4.78 is 12.9. The van der Waals surface area contributed by atoms with E-state index in [-0.39, 0.29) is 12.2 Å². The predicted molar refractivity (Wildman–Crippen MR) is 111 cm³/mol. The van der Waals surface area contributed by atoms with Crippen molar-refractivity contribution in [2.75, 3.05) is 5.32 Å². The molecule has 3 heterocycles. The van der Waals surface area contributed by atoms with Gasteiger partial charge in [-0.2, -0.15) is 0 Å². The number of pyridine rings is 1. The van der Waals surface area contributed by atoms with Gasteiger partial charge in [-0.25, -0.2) is 9.78 Å². The number of furan rings is 1. The number of carbonyl (C=O) groups is 1. The first-order valence-electron chi connectivity index (χ1n) is 8.80. The lowest BCUT2D eigenvalue weighted by Gasteiger charge is -2.11. The molecule has 0 saturated heterocycles. The smallest absolute Gasteiger partial charge is 0.340 e. The highest BCUT2D eigenvalue weighted by Crippen LogP contribution is 2.18. The summed E-state index contributed by atoms with van der Waals surface area (Å²) in [6.45, 7) is 0.336. The Balaban J connectivity index is 1.48. The predicted octanol–water partition coefficient (Wildman–Crippen LogP) is 4.02. The first-order valence-corrected chi connectivity index (χ1v) is 9.60. The molecule has 0 spiro atoms. The molecular formula is C21H16BrN3O4. The van der Waals surface area contributed by atoms with Crippen molar-refractivity contribution in [3.63, 3.8) is 0 Å². The van der Waals surface area contributed by atoms with Gasteiger partial charge in [-0.3, -0.25) is 9.20 Å². The third-order valence-corrected chi connectivity index (χ3v) is 4.68. The number of carbonyl (C=O) groups excluding carboxylic acids is 1. The van der Waals surface area contributed by atoms with Gasteiger partial charge in [0.1, 0.15) is 18.0 Å². The summed E-state index contributed by atoms with van der Waals surface area (Å²) >= 11 is 3.32. The van der Waals surface area contributed by atoms with Gasteiger partial charge in [0.15, 0.2) is 0 Å². The van der Waals surface area contributed by atoms with E-state index >= 15 is 0 Å². The molecular weight excluding hydrogens is 438 g/mol. The number of hydrogen-bond acceptors (Lipinski definition) is 6. The van der Waals surface area contributed by atoms with Crippen molar-refractivity contribution in [1.29, 1.82) is 0 Å². The van der Waals surface area contributed by atoms with Crippen LogP contribution in [-0.2, 0) is 17.9 Å². The van der Waals surface area contributed by atoms with E-state index in [1.807, 2.05) is 12.1 Å². The van der Waals surface area contributed by atoms with Crippen LogP contribution in [0.3, 0.4) is 0 Å². The Labute approximate surface area is 174 Å². The number of nitrogens with one attached hydrogen (secondary N) is 1. The molecule has 0 amide bonds. The second-order valence-electron chi connectivity index (χ2n) is 6.22. The molecule has 0 bridgehead atoms. The zero-order valence-corrected chi connectivity index (χ0v) is 16.8. The fourth-order valence-electron chi connectivity index (χ4n) is 2.83. The summed E-state index contributed by atoms with van der Waals surface area (Å²) in [5.74, 6) is 0.242. The maximum Gasteiger partial charge on any atom is 0.340 e. The highest BCUT2D eigenvalue weighted by molar-refractivity contribution is 9.10. The van der Waals surface area contributed by atoms with Gasteiger partial charge in [-0.05, 0) is 52.3 Å². The lowest BCUT2D eigenvalue weighted by atomic mass is 10.2. The van der Waals surface area contributed by atoms with Gasteiger partial charge in [-0.1, -0.05) is 12.1 Å². The number of fused-ring (bicyclic) bond motifs is 1. The quantitative estimate of drug-likeness (QED) is 0.443. The highest BCUT2D eigenvalue weighted by Gasteiger charge is 2.14. The molecule has 3 aromatic heterocycles. The van der Waals surface area contributed by atoms with Crippen molar-refractivity contribution < 1.29 is 13.9 Å². The summed E-state index contributed by atoms with van der Waals surface area (Å²) in [6.07, 6.45) is 3.23. The van der Waals surface area contributed by atoms with Gasteiger partial charge in [0.2, 0.25) is 0 Å². The van der Waals surface area contributed by atoms with Gasteiger partial charge in [0.25, 0.3) is 5.56 Å². The van der Waals surface area contributed by atoms with Crippen molar-refractivity contribution in [2.24, 2.45) is 0 Å². The molecule has 0 unspecified atom stereocenters. The molecule has 0 aliphatic rings. The summed E-state index contributed by atoms with van der Waals surface area (Å²) in [5, 5.41) is 3.17. The minimum Gasteiger partial charge on any atom is -0.467 e. The molecule has 7 nitrogen and oxygen atoms in total. The maximum absolute atomic E-state index is 12.6. The van der Waals surface area contributed by atoms with Crippen LogP contribution in [0.4, 0.5) is 5.69 Å². The number of ether oxygens (including phenoxy) is 1. The third kappa shape index (κ3) is 4.38. The number of anilines is 1. The van der Waals surface area contributed by atoms with E-state index in [9.17, 15) is 9.59 Å². The minimum absolute atomic E-state index is 0.104. The van der Waals surface area contributed by atoms with Crippen LogP contribution >= 0.6 is 15.9 Å². The van der Waals surface area contributed by atoms with E-state index in [0.717, 1.165) is 10.2 Å². The van der Waals surface area contributed by atoms with E-state index in [2.05, 4.69) is 26.2 Å². The topological polar surface area (TPSA) is 85.8 Å². The molecule has 0 aliphatic carbocycles. The Kier molecular flexibility index (Phi) is 5.44. The molecule has 1 N–H and O–H groups in total. The van der Waals surface area contributed by atoms with Crippen molar-refractivity contribution in [3.8, 4) is 0 Å². The molecule has 8 heteroatoms. The summed E-state index contributed by atoms with van der Waals surface area (Å²) in [5.41, 5.74) is 1.63. The summed E-state index contributed by atoms with van der Waals surface area (Å²) in [4.78, 5) is 29.2. The van der Waals surface area contributed by atoms with Crippen LogP contribution in [0.25, 0.3) is 5.65 Å². The fourth-order valence-corrected chi connectivity index (χ4v) is 3.16. The molecule has 0 fully saturated rings. The first-order chi connectivity index (χ1) is 14.1. The van der Waals surface area contributed by atoms with Crippen LogP contribution < -0.4 is 10.9 Å². The van der Waals surface area contributed by atoms with E-state index < -0.39 is 5.97 Å². The number of benzene rings is 1. The number of hydrogen-bond donors (Lipinski definition) is 1. The molecule has 0 radical (unpaired) electrons. The third-order valence-electron chi connectivity index (χ3n) is 4.21. The molecule has 4 rings (SSSR count). The van der Waals surface area contributed by atoms with Crippen molar-refractivity contribution >= 4 is 33.2 Å². The number of aromatic nitrogens is 2. The summed E-state index contributed by atoms with van der Waals surface area (Å²) in [7, 11) is 0. The molecule has 0 aliphatic heterocycles. The van der Waals surface area contributed by atoms with Crippen molar-refractivity contribution in [3.05, 3.63) is 98.9 Å². The number of nitrogens with zero attached hydrogens (tertiary/aromatic N) is 2. The van der Waals surface area contributed by atoms with Crippen LogP contribution in [0.15, 0.2) is 80.7 Å². The van der Waals surface area contributed by atoms with Crippen LogP contribution in [0, 0.1) is 0 Å². The Hall–Kier alpha value is -3.39. The second-order valence-corrected chi connectivity index (χ2v) is 7.13. The largest absolute Gasteiger partial charge is 0.467 e. The van der Waals surface area contributed by atoms with Crippen LogP contribution in [0.2, 0.25) is 0 Å². The van der Waals surface area contributed by atoms with Crippen molar-refractivity contribution in [2.45, 2.75) is 13.2 Å². The number of esters is 1. The Morgan fingerprint density at radius 1 is 1.17 bits per heavy atom. The lowest BCUT2D eigenvalue weighted by Crippen LogP contribution is -2.17. The molecule has 29 heavy (non-hydrogen) atoms. The Morgan fingerprint density at radius 2 is 2.03 bits per heavy atom. The number of halogens is 1. The Bertz CT molecular complexity index is 1220. The van der Waals surface area contributed by atoms with Crippen molar-refractivity contribution in [1.82, 2.24) is 9.38 Å². The standard InChI is InChI=1S/C21H16BrN3O4/c22-14-7-8-19-24-15(10-20(26)25(19)12-14)13-29-21(27)17-5-1-2-6-18(17)23-11-16-4-3-9-28-16/h1-10,12,23H,11,13H2. The fraction of sp³-hybridized carbons (Fsp3) is 0.0952. The van der Waals surface area contributed by atoms with Gasteiger partial charge < -0.3 is 14.5 Å². The van der Waals surface area contributed by atoms with Gasteiger partial charge in [0, 0.05) is 22.4 Å². The molecule has 146 valence electrons. The van der Waals surface area contributed by atoms with E-state index in [1.165, 1.54) is 10.5 Å². The maximum atomic E-state index is 12.6.